The SMILES string of the molecule is Cc1occc1-c1nnc(SCCCC(=O)c2ccc(F)cc2)n1N. The molecule has 2 N–H and O–H groups in total. The second-order valence-corrected chi connectivity index (χ2v) is 6.51. The predicted octanol–water partition coefficient (Wildman–Crippen LogP) is 3.45. The molecule has 0 saturated carbocycles. The standard InChI is InChI=1S/C17H17FN4O2S/c1-11-14(8-9-24-11)16-20-21-17(22(16)19)25-10-2-3-15(23)12-4-6-13(18)7-5-12/h4-9H,2-3,10,19H2,1H3. The lowest BCUT2D eigenvalue weighted by Gasteiger charge is -2.03. The number of hydrogen-bond donors (Lipinski definition) is 1. The smallest absolute Gasteiger partial charge is 0.210 e. The second-order valence-electron chi connectivity index (χ2n) is 5.45. The number of nitrogens with zero attached hydrogens (tertiary/aromatic N) is 3. The third-order valence-corrected chi connectivity index (χ3v) is 4.74. The molecular weight excluding hydrogens is 343 g/mol. The molecule has 2 aromatic heterocycles. The molecule has 3 rings (SSSR count). The van der Waals surface area contributed by atoms with Crippen molar-refractivity contribution in [3.63, 3.8) is 0 Å². The van der Waals surface area contributed by atoms with Gasteiger partial charge in [-0.05, 0) is 43.7 Å². The Morgan fingerprint density at radius 1 is 1.28 bits per heavy atom. The molecular formula is C17H17FN4O2S. The minimum absolute atomic E-state index is 0.00970. The Labute approximate surface area is 148 Å². The van der Waals surface area contributed by atoms with Gasteiger partial charge in [-0.25, -0.2) is 9.07 Å². The van der Waals surface area contributed by atoms with E-state index >= 15 is 0 Å². The predicted molar refractivity (Wildman–Crippen MR) is 93.3 cm³/mol. The normalized spacial score (nSPS) is 11.0. The van der Waals surface area contributed by atoms with Crippen LogP contribution in [0, 0.1) is 12.7 Å². The zero-order chi connectivity index (χ0) is 17.8. The van der Waals surface area contributed by atoms with Crippen LogP contribution in [0.1, 0.15) is 29.0 Å². The highest BCUT2D eigenvalue weighted by atomic mass is 32.2. The summed E-state index contributed by atoms with van der Waals surface area (Å²) in [6.45, 7) is 1.83. The summed E-state index contributed by atoms with van der Waals surface area (Å²) < 4.78 is 19.5. The van der Waals surface area contributed by atoms with Crippen LogP contribution in [-0.2, 0) is 0 Å². The van der Waals surface area contributed by atoms with E-state index in [1.807, 2.05) is 6.92 Å². The molecule has 2 heterocycles. The van der Waals surface area contributed by atoms with E-state index in [1.54, 1.807) is 12.3 Å². The molecule has 0 bridgehead atoms. The van der Waals surface area contributed by atoms with Crippen LogP contribution in [0.2, 0.25) is 0 Å². The van der Waals surface area contributed by atoms with Crippen LogP contribution in [0.4, 0.5) is 4.39 Å². The lowest BCUT2D eigenvalue weighted by molar-refractivity contribution is 0.0982. The quantitative estimate of drug-likeness (QED) is 0.300. The Bertz CT molecular complexity index is 873. The molecule has 0 aliphatic carbocycles. The zero-order valence-corrected chi connectivity index (χ0v) is 14.4. The van der Waals surface area contributed by atoms with Gasteiger partial charge in [0.05, 0.1) is 11.8 Å². The number of aryl methyl sites for hydroxylation is 1. The van der Waals surface area contributed by atoms with Gasteiger partial charge in [0, 0.05) is 17.7 Å². The number of hydrogen-bond acceptors (Lipinski definition) is 6. The summed E-state index contributed by atoms with van der Waals surface area (Å²) in [5, 5.41) is 8.75. The summed E-state index contributed by atoms with van der Waals surface area (Å²) in [4.78, 5) is 12.0. The number of benzene rings is 1. The number of Topliss-reactive ketones (excluding diaryl/α,β-unsaturated/α-hetero) is 1. The number of rotatable bonds is 7. The first-order valence-corrected chi connectivity index (χ1v) is 8.71. The third kappa shape index (κ3) is 3.90. The molecule has 0 aliphatic rings. The summed E-state index contributed by atoms with van der Waals surface area (Å²) in [6.07, 6.45) is 2.62. The number of nitrogens with two attached hydrogens (primary N) is 1. The van der Waals surface area contributed by atoms with Crippen molar-refractivity contribution in [3.05, 3.63) is 53.7 Å². The first kappa shape index (κ1) is 17.2. The Balaban J connectivity index is 1.53. The Morgan fingerprint density at radius 2 is 2.04 bits per heavy atom. The lowest BCUT2D eigenvalue weighted by Crippen LogP contribution is -2.11. The molecule has 0 atom stereocenters. The molecule has 8 heteroatoms. The van der Waals surface area contributed by atoms with E-state index in [0.29, 0.717) is 35.1 Å². The van der Waals surface area contributed by atoms with E-state index in [2.05, 4.69) is 10.2 Å². The zero-order valence-electron chi connectivity index (χ0n) is 13.6. The van der Waals surface area contributed by atoms with Gasteiger partial charge in [-0.3, -0.25) is 4.79 Å². The highest BCUT2D eigenvalue weighted by Crippen LogP contribution is 2.25. The number of carbonyl (C=O) groups is 1. The summed E-state index contributed by atoms with van der Waals surface area (Å²) in [5.74, 6) is 7.61. The summed E-state index contributed by atoms with van der Waals surface area (Å²) in [5.41, 5.74) is 1.32. The van der Waals surface area contributed by atoms with Crippen LogP contribution < -0.4 is 5.84 Å². The number of furan rings is 1. The molecule has 6 nitrogen and oxygen atoms in total. The minimum atomic E-state index is -0.349. The molecule has 0 radical (unpaired) electrons. The highest BCUT2D eigenvalue weighted by molar-refractivity contribution is 7.99. The fraction of sp³-hybridized carbons (Fsp3) is 0.235. The summed E-state index contributed by atoms with van der Waals surface area (Å²) in [6, 6.07) is 7.37. The van der Waals surface area contributed by atoms with Gasteiger partial charge in [-0.2, -0.15) is 0 Å². The van der Waals surface area contributed by atoms with Crippen molar-refractivity contribution in [2.24, 2.45) is 0 Å². The molecule has 3 aromatic rings. The first-order valence-electron chi connectivity index (χ1n) is 7.73. The largest absolute Gasteiger partial charge is 0.469 e. The Hall–Kier alpha value is -2.61. The van der Waals surface area contributed by atoms with Gasteiger partial charge in [0.2, 0.25) is 5.16 Å². The summed E-state index contributed by atoms with van der Waals surface area (Å²) in [7, 11) is 0. The van der Waals surface area contributed by atoms with Crippen LogP contribution in [0.5, 0.6) is 0 Å². The topological polar surface area (TPSA) is 86.9 Å². The maximum atomic E-state index is 12.9. The molecule has 0 saturated heterocycles. The number of thioether (sulfide) groups is 1. The van der Waals surface area contributed by atoms with Crippen LogP contribution in [0.15, 0.2) is 46.2 Å². The van der Waals surface area contributed by atoms with Gasteiger partial charge < -0.3 is 10.3 Å². The van der Waals surface area contributed by atoms with Crippen molar-refractivity contribution in [1.82, 2.24) is 14.9 Å². The van der Waals surface area contributed by atoms with E-state index in [-0.39, 0.29) is 11.6 Å². The van der Waals surface area contributed by atoms with Crippen LogP contribution in [0.25, 0.3) is 11.4 Å². The van der Waals surface area contributed by atoms with Gasteiger partial charge in [0.25, 0.3) is 0 Å². The fourth-order valence-electron chi connectivity index (χ4n) is 2.35. The van der Waals surface area contributed by atoms with E-state index < -0.39 is 0 Å². The summed E-state index contributed by atoms with van der Waals surface area (Å²) >= 11 is 1.43. The van der Waals surface area contributed by atoms with Crippen molar-refractivity contribution in [1.29, 1.82) is 0 Å². The van der Waals surface area contributed by atoms with Gasteiger partial charge in [0.1, 0.15) is 11.6 Å². The molecule has 0 amide bonds. The van der Waals surface area contributed by atoms with Gasteiger partial charge in [-0.1, -0.05) is 11.8 Å². The van der Waals surface area contributed by atoms with Crippen LogP contribution in [0.3, 0.4) is 0 Å². The maximum absolute atomic E-state index is 12.9. The number of aromatic nitrogens is 3. The van der Waals surface area contributed by atoms with Gasteiger partial charge in [-0.15, -0.1) is 10.2 Å². The molecule has 25 heavy (non-hydrogen) atoms. The monoisotopic (exact) mass is 360 g/mol. The molecule has 0 aliphatic heterocycles. The lowest BCUT2D eigenvalue weighted by atomic mass is 10.1. The second kappa shape index (κ2) is 7.52. The number of carbonyl (C=O) groups excluding carboxylic acids is 1. The van der Waals surface area contributed by atoms with E-state index in [9.17, 15) is 9.18 Å². The molecule has 0 unspecified atom stereocenters. The molecule has 0 spiro atoms. The van der Waals surface area contributed by atoms with E-state index in [0.717, 1.165) is 11.3 Å². The van der Waals surface area contributed by atoms with Crippen LogP contribution in [-0.4, -0.2) is 26.4 Å². The van der Waals surface area contributed by atoms with Gasteiger partial charge >= 0.3 is 0 Å². The minimum Gasteiger partial charge on any atom is -0.469 e. The van der Waals surface area contributed by atoms with E-state index in [4.69, 9.17) is 10.3 Å². The first-order chi connectivity index (χ1) is 12.1. The average molecular weight is 360 g/mol. The Kier molecular flexibility index (Phi) is 5.18. The number of ketones is 1. The van der Waals surface area contributed by atoms with Crippen molar-refractivity contribution in [2.75, 3.05) is 11.6 Å². The molecule has 0 fully saturated rings. The van der Waals surface area contributed by atoms with Crippen molar-refractivity contribution in [3.8, 4) is 11.4 Å². The van der Waals surface area contributed by atoms with Crippen molar-refractivity contribution in [2.45, 2.75) is 24.9 Å². The van der Waals surface area contributed by atoms with Crippen molar-refractivity contribution < 1.29 is 13.6 Å². The third-order valence-electron chi connectivity index (χ3n) is 3.71. The Morgan fingerprint density at radius 3 is 2.72 bits per heavy atom. The van der Waals surface area contributed by atoms with E-state index in [1.165, 1.54) is 40.7 Å². The van der Waals surface area contributed by atoms with Crippen LogP contribution >= 0.6 is 11.8 Å². The van der Waals surface area contributed by atoms with Gasteiger partial charge in [0.15, 0.2) is 11.6 Å². The maximum Gasteiger partial charge on any atom is 0.210 e. The number of nitrogen functional groups attached to an aromatic ring is 1. The molecule has 130 valence electrons. The number of halogens is 1. The molecule has 1 aromatic carbocycles. The van der Waals surface area contributed by atoms with Crippen molar-refractivity contribution >= 4 is 17.5 Å². The fourth-order valence-corrected chi connectivity index (χ4v) is 3.15. The average Bonchev–Trinajstić information content (AvgIpc) is 3.18. The highest BCUT2D eigenvalue weighted by Gasteiger charge is 2.15.